The normalized spacial score (nSPS) is 29.8. The minimum absolute atomic E-state index is 0.0316. The van der Waals surface area contributed by atoms with Gasteiger partial charge in [0, 0.05) is 18.4 Å². The summed E-state index contributed by atoms with van der Waals surface area (Å²) in [7, 11) is 2.18. The topological polar surface area (TPSA) is 67.9 Å². The van der Waals surface area contributed by atoms with Crippen LogP contribution in [0.5, 0.6) is 5.75 Å². The molecular formula is C24H36N2O4. The molecule has 1 aromatic rings. The number of Topliss-reactive ketones (excluding diaryl/α,β-unsaturated/α-hetero) is 1. The van der Waals surface area contributed by atoms with Crippen LogP contribution in [0.3, 0.4) is 0 Å². The lowest BCUT2D eigenvalue weighted by Crippen LogP contribution is -2.56. The summed E-state index contributed by atoms with van der Waals surface area (Å²) in [6.45, 7) is 9.92. The van der Waals surface area contributed by atoms with Gasteiger partial charge < -0.3 is 19.7 Å². The van der Waals surface area contributed by atoms with E-state index in [1.54, 1.807) is 13.0 Å². The van der Waals surface area contributed by atoms with E-state index in [9.17, 15) is 9.59 Å². The van der Waals surface area contributed by atoms with Crippen molar-refractivity contribution in [2.24, 2.45) is 0 Å². The fraction of sp³-hybridized carbons (Fsp3) is 0.667. The Labute approximate surface area is 180 Å². The summed E-state index contributed by atoms with van der Waals surface area (Å²) in [4.78, 5) is 27.4. The van der Waals surface area contributed by atoms with Gasteiger partial charge in [0.2, 0.25) is 0 Å². The molecule has 1 amide bonds. The molecule has 0 radical (unpaired) electrons. The van der Waals surface area contributed by atoms with E-state index in [1.807, 2.05) is 26.0 Å². The monoisotopic (exact) mass is 416 g/mol. The maximum atomic E-state index is 12.5. The van der Waals surface area contributed by atoms with E-state index >= 15 is 0 Å². The van der Waals surface area contributed by atoms with Crippen LogP contribution in [0.25, 0.3) is 0 Å². The fourth-order valence-electron chi connectivity index (χ4n) is 5.00. The lowest BCUT2D eigenvalue weighted by atomic mass is 9.74. The van der Waals surface area contributed by atoms with Crippen LogP contribution in [0, 0.1) is 0 Å². The average molecular weight is 417 g/mol. The third-order valence-corrected chi connectivity index (χ3v) is 6.55. The van der Waals surface area contributed by atoms with E-state index in [1.165, 1.54) is 18.4 Å². The second-order valence-electron chi connectivity index (χ2n) is 9.59. The number of amides is 1. The SMILES string of the molecule is CCC1(c2cccc(OC(=O)N[C@@H]3C(=O)CC(C)(C)OC3C)c2)CCCCN(C)C1. The van der Waals surface area contributed by atoms with Crippen molar-refractivity contribution in [1.29, 1.82) is 0 Å². The molecule has 166 valence electrons. The lowest BCUT2D eigenvalue weighted by Gasteiger charge is -2.38. The van der Waals surface area contributed by atoms with E-state index in [2.05, 4.69) is 30.3 Å². The van der Waals surface area contributed by atoms with Gasteiger partial charge in [0.25, 0.3) is 0 Å². The Balaban J connectivity index is 1.70. The second kappa shape index (κ2) is 9.06. The second-order valence-corrected chi connectivity index (χ2v) is 9.59. The van der Waals surface area contributed by atoms with Gasteiger partial charge in [0.05, 0.1) is 11.7 Å². The van der Waals surface area contributed by atoms with Gasteiger partial charge in [-0.2, -0.15) is 0 Å². The van der Waals surface area contributed by atoms with E-state index in [-0.39, 0.29) is 17.6 Å². The van der Waals surface area contributed by atoms with Crippen molar-refractivity contribution in [2.45, 2.75) is 83.0 Å². The van der Waals surface area contributed by atoms with Gasteiger partial charge in [-0.3, -0.25) is 4.79 Å². The summed E-state index contributed by atoms with van der Waals surface area (Å²) in [5.41, 5.74) is 0.762. The van der Waals surface area contributed by atoms with Crippen molar-refractivity contribution in [3.8, 4) is 5.75 Å². The van der Waals surface area contributed by atoms with Gasteiger partial charge in [0.1, 0.15) is 11.8 Å². The minimum Gasteiger partial charge on any atom is -0.410 e. The molecular weight excluding hydrogens is 380 g/mol. The summed E-state index contributed by atoms with van der Waals surface area (Å²) >= 11 is 0. The van der Waals surface area contributed by atoms with Crippen LogP contribution in [-0.2, 0) is 14.9 Å². The highest BCUT2D eigenvalue weighted by molar-refractivity contribution is 5.89. The number of ether oxygens (including phenoxy) is 2. The molecule has 0 spiro atoms. The number of carbonyl (C=O) groups excluding carboxylic acids is 2. The van der Waals surface area contributed by atoms with Gasteiger partial charge in [-0.15, -0.1) is 0 Å². The highest BCUT2D eigenvalue weighted by Crippen LogP contribution is 2.37. The quantitative estimate of drug-likeness (QED) is 0.802. The van der Waals surface area contributed by atoms with E-state index in [4.69, 9.17) is 9.47 Å². The van der Waals surface area contributed by atoms with Crippen LogP contribution in [0.2, 0.25) is 0 Å². The predicted molar refractivity (Wildman–Crippen MR) is 117 cm³/mol. The first-order valence-corrected chi connectivity index (χ1v) is 11.1. The number of hydrogen-bond donors (Lipinski definition) is 1. The molecule has 0 aromatic heterocycles. The lowest BCUT2D eigenvalue weighted by molar-refractivity contribution is -0.151. The van der Waals surface area contributed by atoms with Crippen molar-refractivity contribution in [3.63, 3.8) is 0 Å². The molecule has 0 saturated carbocycles. The summed E-state index contributed by atoms with van der Waals surface area (Å²) in [5, 5.41) is 2.70. The first kappa shape index (κ1) is 22.8. The average Bonchev–Trinajstić information content (AvgIpc) is 2.86. The van der Waals surface area contributed by atoms with E-state index in [0.717, 1.165) is 25.9 Å². The minimum atomic E-state index is -0.689. The van der Waals surface area contributed by atoms with Crippen LogP contribution in [0.4, 0.5) is 4.79 Å². The molecule has 2 unspecified atom stereocenters. The van der Waals surface area contributed by atoms with Gasteiger partial charge in [0.15, 0.2) is 5.78 Å². The molecule has 2 aliphatic rings. The van der Waals surface area contributed by atoms with Crippen molar-refractivity contribution >= 4 is 11.9 Å². The number of rotatable bonds is 4. The number of ketones is 1. The van der Waals surface area contributed by atoms with E-state index < -0.39 is 23.8 Å². The molecule has 1 aromatic carbocycles. The Morgan fingerprint density at radius 1 is 1.33 bits per heavy atom. The Bertz CT molecular complexity index is 778. The van der Waals surface area contributed by atoms with E-state index in [0.29, 0.717) is 5.75 Å². The zero-order valence-corrected chi connectivity index (χ0v) is 19.0. The summed E-state index contributed by atoms with van der Waals surface area (Å²) in [6.07, 6.45) is 3.82. The van der Waals surface area contributed by atoms with Crippen molar-refractivity contribution < 1.29 is 19.1 Å². The predicted octanol–water partition coefficient (Wildman–Crippen LogP) is 4.06. The van der Waals surface area contributed by atoms with Gasteiger partial charge in [-0.1, -0.05) is 25.5 Å². The van der Waals surface area contributed by atoms with Crippen LogP contribution in [0.1, 0.15) is 65.4 Å². The van der Waals surface area contributed by atoms with Crippen molar-refractivity contribution in [3.05, 3.63) is 29.8 Å². The summed E-state index contributed by atoms with van der Waals surface area (Å²) in [6, 6.07) is 7.16. The largest absolute Gasteiger partial charge is 0.413 e. The number of nitrogens with zero attached hydrogens (tertiary/aromatic N) is 1. The van der Waals surface area contributed by atoms with Crippen LogP contribution < -0.4 is 10.1 Å². The molecule has 2 saturated heterocycles. The zero-order valence-electron chi connectivity index (χ0n) is 19.0. The fourth-order valence-corrected chi connectivity index (χ4v) is 5.00. The molecule has 0 bridgehead atoms. The number of carbonyl (C=O) groups is 2. The van der Waals surface area contributed by atoms with Gasteiger partial charge in [-0.25, -0.2) is 4.79 Å². The number of likely N-dealkylation sites (tertiary alicyclic amines) is 1. The molecule has 0 aliphatic carbocycles. The molecule has 2 fully saturated rings. The van der Waals surface area contributed by atoms with Crippen LogP contribution in [0.15, 0.2) is 24.3 Å². The molecule has 3 rings (SSSR count). The standard InChI is InChI=1S/C24H36N2O4/c1-6-24(12-7-8-13-26(5)16-24)18-10-9-11-19(14-18)29-22(28)25-21-17(2)30-23(3,4)15-20(21)27/h9-11,14,17,21H,6-8,12-13,15-16H2,1-5H3,(H,25,28)/t17?,21-,24?/m0/s1. The van der Waals surface area contributed by atoms with Crippen LogP contribution in [-0.4, -0.2) is 54.7 Å². The Hall–Kier alpha value is -1.92. The Kier molecular flexibility index (Phi) is 6.88. The van der Waals surface area contributed by atoms with Crippen molar-refractivity contribution in [1.82, 2.24) is 10.2 Å². The number of nitrogens with one attached hydrogen (secondary N) is 1. The molecule has 1 N–H and O–H groups in total. The maximum absolute atomic E-state index is 12.5. The number of benzene rings is 1. The molecule has 2 heterocycles. The van der Waals surface area contributed by atoms with Gasteiger partial charge >= 0.3 is 6.09 Å². The van der Waals surface area contributed by atoms with Gasteiger partial charge in [-0.05, 0) is 71.3 Å². The number of likely N-dealkylation sites (N-methyl/N-ethyl adjacent to an activating group) is 1. The maximum Gasteiger partial charge on any atom is 0.413 e. The smallest absolute Gasteiger partial charge is 0.410 e. The third kappa shape index (κ3) is 5.22. The Morgan fingerprint density at radius 3 is 2.80 bits per heavy atom. The third-order valence-electron chi connectivity index (χ3n) is 6.55. The molecule has 3 atom stereocenters. The Morgan fingerprint density at radius 2 is 2.10 bits per heavy atom. The zero-order chi connectivity index (χ0) is 21.9. The molecule has 6 heteroatoms. The first-order chi connectivity index (χ1) is 14.1. The molecule has 6 nitrogen and oxygen atoms in total. The highest BCUT2D eigenvalue weighted by atomic mass is 16.6. The summed E-state index contributed by atoms with van der Waals surface area (Å²) in [5.74, 6) is 0.470. The first-order valence-electron chi connectivity index (χ1n) is 11.1. The highest BCUT2D eigenvalue weighted by Gasteiger charge is 2.40. The molecule has 2 aliphatic heterocycles. The van der Waals surface area contributed by atoms with Crippen LogP contribution >= 0.6 is 0 Å². The number of hydrogen-bond acceptors (Lipinski definition) is 5. The summed E-state index contributed by atoms with van der Waals surface area (Å²) < 4.78 is 11.4. The van der Waals surface area contributed by atoms with Crippen molar-refractivity contribution in [2.75, 3.05) is 20.1 Å². The molecule has 30 heavy (non-hydrogen) atoms.